The molecule has 0 saturated heterocycles. The molecule has 13 heavy (non-hydrogen) atoms. The van der Waals surface area contributed by atoms with Gasteiger partial charge in [-0.25, -0.2) is 8.42 Å². The van der Waals surface area contributed by atoms with Crippen molar-refractivity contribution < 1.29 is 17.9 Å². The van der Waals surface area contributed by atoms with Crippen LogP contribution in [0, 0.1) is 5.92 Å². The zero-order chi connectivity index (χ0) is 9.84. The van der Waals surface area contributed by atoms with Crippen LogP contribution >= 0.6 is 0 Å². The minimum atomic E-state index is -2.50. The van der Waals surface area contributed by atoms with E-state index in [1.165, 1.54) is 7.11 Å². The van der Waals surface area contributed by atoms with Gasteiger partial charge in [-0.15, -0.1) is 0 Å². The largest absolute Gasteiger partial charge is 0.469 e. The molecule has 0 aromatic heterocycles. The average Bonchev–Trinajstić information content (AvgIpc) is 2.86. The Morgan fingerprint density at radius 2 is 2.15 bits per heavy atom. The van der Waals surface area contributed by atoms with Gasteiger partial charge in [0.2, 0.25) is 0 Å². The predicted octanol–water partition coefficient (Wildman–Crippen LogP) is 0.330. The number of carbonyl (C=O) groups is 1. The van der Waals surface area contributed by atoms with Gasteiger partial charge in [-0.05, 0) is 12.3 Å². The Hall–Kier alpha value is -0.580. The third-order valence-corrected chi connectivity index (χ3v) is 3.22. The van der Waals surface area contributed by atoms with E-state index in [1.54, 1.807) is 0 Å². The molecule has 1 unspecified atom stereocenters. The first kappa shape index (κ1) is 10.5. The van der Waals surface area contributed by atoms with Gasteiger partial charge in [-0.3, -0.25) is 4.79 Å². The molecule has 76 valence electrons. The number of carbonyl (C=O) groups excluding carboxylic acids is 1. The van der Waals surface area contributed by atoms with Crippen molar-refractivity contribution in [1.29, 1.82) is 0 Å². The van der Waals surface area contributed by atoms with E-state index >= 15 is 0 Å². The summed E-state index contributed by atoms with van der Waals surface area (Å²) in [6.45, 7) is 0. The van der Waals surface area contributed by atoms with Gasteiger partial charge in [0.15, 0.2) is 0 Å². The smallest absolute Gasteiger partial charge is 0.306 e. The highest BCUT2D eigenvalue weighted by atomic mass is 32.2. The second-order valence-corrected chi connectivity index (χ2v) is 4.70. The molecule has 0 bridgehead atoms. The lowest BCUT2D eigenvalue weighted by molar-refractivity contribution is -0.140. The normalized spacial score (nSPS) is 18.6. The molecule has 5 heteroatoms. The fraction of sp³-hybridized carbons (Fsp3) is 0.875. The Balaban J connectivity index is 2.41. The number of rotatable bonds is 5. The van der Waals surface area contributed by atoms with E-state index in [1.807, 2.05) is 0 Å². The van der Waals surface area contributed by atoms with Crippen molar-refractivity contribution in [1.82, 2.24) is 0 Å². The summed E-state index contributed by atoms with van der Waals surface area (Å²) in [7, 11) is -1.22. The Bertz CT molecular complexity index is 247. The molecule has 4 nitrogen and oxygen atoms in total. The third-order valence-electron chi connectivity index (χ3n) is 2.23. The first-order valence-corrected chi connectivity index (χ1v) is 5.58. The van der Waals surface area contributed by atoms with Crippen LogP contribution in [0.2, 0.25) is 0 Å². The molecule has 1 rings (SSSR count). The van der Waals surface area contributed by atoms with E-state index in [-0.39, 0.29) is 6.42 Å². The molecule has 0 aromatic carbocycles. The zero-order valence-electron chi connectivity index (χ0n) is 7.56. The summed E-state index contributed by atoms with van der Waals surface area (Å²) in [5.74, 6) is 0.0763. The second kappa shape index (κ2) is 4.60. The average molecular weight is 206 g/mol. The van der Waals surface area contributed by atoms with Crippen molar-refractivity contribution >= 4 is 16.7 Å². The summed E-state index contributed by atoms with van der Waals surface area (Å²) >= 11 is 0. The second-order valence-electron chi connectivity index (χ2n) is 3.40. The molecular formula is C8H14O4S. The van der Waals surface area contributed by atoms with Crippen LogP contribution in [-0.2, 0) is 20.2 Å². The van der Waals surface area contributed by atoms with Crippen molar-refractivity contribution in [2.45, 2.75) is 30.9 Å². The molecule has 0 heterocycles. The van der Waals surface area contributed by atoms with Crippen LogP contribution in [-0.4, -0.2) is 26.7 Å². The van der Waals surface area contributed by atoms with Gasteiger partial charge in [0, 0.05) is 0 Å². The highest BCUT2D eigenvalue weighted by molar-refractivity contribution is 7.73. The van der Waals surface area contributed by atoms with Gasteiger partial charge in [-0.2, -0.15) is 0 Å². The number of methoxy groups -OCH3 is 1. The van der Waals surface area contributed by atoms with E-state index in [9.17, 15) is 13.2 Å². The first-order valence-electron chi connectivity index (χ1n) is 4.33. The van der Waals surface area contributed by atoms with Crippen LogP contribution < -0.4 is 0 Å². The number of hydrogen-bond acceptors (Lipinski definition) is 4. The minimum Gasteiger partial charge on any atom is -0.469 e. The first-order chi connectivity index (χ1) is 6.13. The van der Waals surface area contributed by atoms with Crippen molar-refractivity contribution in [3.63, 3.8) is 0 Å². The number of thiol groups is 1. The lowest BCUT2D eigenvalue weighted by Gasteiger charge is -2.07. The van der Waals surface area contributed by atoms with Crippen LogP contribution in [0.1, 0.15) is 25.7 Å². The monoisotopic (exact) mass is 206 g/mol. The molecule has 0 aromatic rings. The van der Waals surface area contributed by atoms with Gasteiger partial charge in [0.1, 0.15) is 10.7 Å². The van der Waals surface area contributed by atoms with Crippen LogP contribution in [0.4, 0.5) is 0 Å². The Morgan fingerprint density at radius 3 is 2.54 bits per heavy atom. The number of hydrogen-bond donors (Lipinski definition) is 1. The maximum Gasteiger partial charge on any atom is 0.306 e. The van der Waals surface area contributed by atoms with Gasteiger partial charge in [0.05, 0.1) is 18.8 Å². The quantitative estimate of drug-likeness (QED) is 0.520. The minimum absolute atomic E-state index is 0.00566. The summed E-state index contributed by atoms with van der Waals surface area (Å²) in [6.07, 6.45) is 2.82. The Labute approximate surface area is 79.2 Å². The van der Waals surface area contributed by atoms with Crippen molar-refractivity contribution in [2.24, 2.45) is 5.92 Å². The van der Waals surface area contributed by atoms with Crippen LogP contribution in [0.15, 0.2) is 0 Å². The maximum absolute atomic E-state index is 10.8. The highest BCUT2D eigenvalue weighted by Crippen LogP contribution is 2.34. The van der Waals surface area contributed by atoms with E-state index in [0.717, 1.165) is 12.8 Å². The molecule has 1 saturated carbocycles. The molecule has 1 aliphatic carbocycles. The van der Waals surface area contributed by atoms with Crippen molar-refractivity contribution in [2.75, 3.05) is 7.11 Å². The zero-order valence-corrected chi connectivity index (χ0v) is 8.46. The van der Waals surface area contributed by atoms with Gasteiger partial charge in [-0.1, -0.05) is 12.8 Å². The molecule has 0 N–H and O–H groups in total. The van der Waals surface area contributed by atoms with Crippen molar-refractivity contribution in [3.8, 4) is 0 Å². The van der Waals surface area contributed by atoms with Crippen LogP contribution in [0.3, 0.4) is 0 Å². The van der Waals surface area contributed by atoms with Crippen molar-refractivity contribution in [3.05, 3.63) is 0 Å². The molecule has 1 fully saturated rings. The Kier molecular flexibility index (Phi) is 3.71. The molecule has 0 amide bonds. The number of ether oxygens (including phenoxy) is 1. The van der Waals surface area contributed by atoms with E-state index < -0.39 is 21.9 Å². The molecule has 0 aliphatic heterocycles. The fourth-order valence-corrected chi connectivity index (χ4v) is 2.03. The lowest BCUT2D eigenvalue weighted by atomic mass is 10.2. The summed E-state index contributed by atoms with van der Waals surface area (Å²) in [4.78, 5) is 10.8. The summed E-state index contributed by atoms with van der Waals surface area (Å²) in [6, 6.07) is 0. The Morgan fingerprint density at radius 1 is 1.54 bits per heavy atom. The van der Waals surface area contributed by atoms with Gasteiger partial charge < -0.3 is 4.74 Å². The topological polar surface area (TPSA) is 60.4 Å². The fourth-order valence-electron chi connectivity index (χ4n) is 1.26. The highest BCUT2D eigenvalue weighted by Gasteiger charge is 2.28. The summed E-state index contributed by atoms with van der Waals surface area (Å²) in [5, 5.41) is -0.519. The van der Waals surface area contributed by atoms with E-state index in [4.69, 9.17) is 0 Å². The molecular weight excluding hydrogens is 192 g/mol. The van der Waals surface area contributed by atoms with Gasteiger partial charge in [0.25, 0.3) is 0 Å². The molecule has 0 spiro atoms. The van der Waals surface area contributed by atoms with Crippen LogP contribution in [0.25, 0.3) is 0 Å². The van der Waals surface area contributed by atoms with Gasteiger partial charge >= 0.3 is 5.97 Å². The molecule has 1 atom stereocenters. The summed E-state index contributed by atoms with van der Waals surface area (Å²) in [5.41, 5.74) is 0. The number of esters is 1. The predicted molar refractivity (Wildman–Crippen MR) is 48.1 cm³/mol. The molecule has 1 aliphatic rings. The SMILES string of the molecule is COC(=O)CC(CC1CC1)[SH](=O)=O. The molecule has 0 radical (unpaired) electrons. The third kappa shape index (κ3) is 3.76. The van der Waals surface area contributed by atoms with Crippen LogP contribution in [0.5, 0.6) is 0 Å². The lowest BCUT2D eigenvalue weighted by Crippen LogP contribution is -2.17. The summed E-state index contributed by atoms with van der Waals surface area (Å²) < 4.78 is 25.9. The standard InChI is InChI=1S/C8H14O4S/c1-12-8(9)5-7(13(10)11)4-6-2-3-6/h6-7,13H,2-5H2,1H3. The van der Waals surface area contributed by atoms with E-state index in [0.29, 0.717) is 12.3 Å². The maximum atomic E-state index is 10.8. The van der Waals surface area contributed by atoms with E-state index in [2.05, 4.69) is 4.74 Å².